The molecule has 0 fully saturated rings. The first kappa shape index (κ1) is 16.6. The third-order valence-electron chi connectivity index (χ3n) is 3.79. The Morgan fingerprint density at radius 1 is 1.35 bits per heavy atom. The Hall–Kier alpha value is -2.81. The van der Waals surface area contributed by atoms with Gasteiger partial charge in [-0.15, -0.1) is 0 Å². The van der Waals surface area contributed by atoms with Gasteiger partial charge >= 0.3 is 0 Å². The number of nitrogens with zero attached hydrogens (tertiary/aromatic N) is 2. The maximum atomic E-state index is 11.5. The number of benzene rings is 1. The van der Waals surface area contributed by atoms with Gasteiger partial charge in [0.1, 0.15) is 11.8 Å². The van der Waals surface area contributed by atoms with Crippen molar-refractivity contribution in [1.29, 1.82) is 5.26 Å². The molecular weight excluding hydrogens is 292 g/mol. The molecule has 1 aromatic carbocycles. The van der Waals surface area contributed by atoms with Crippen molar-refractivity contribution in [2.24, 2.45) is 5.92 Å². The van der Waals surface area contributed by atoms with E-state index in [4.69, 9.17) is 10.5 Å². The van der Waals surface area contributed by atoms with E-state index >= 15 is 0 Å². The average Bonchev–Trinajstić information content (AvgIpc) is 2.55. The second kappa shape index (κ2) is 7.45. The zero-order valence-corrected chi connectivity index (χ0v) is 13.3. The molecule has 6 nitrogen and oxygen atoms in total. The molecule has 0 aliphatic heterocycles. The number of ether oxygens (including phenoxy) is 1. The van der Waals surface area contributed by atoms with Crippen LogP contribution in [0.1, 0.15) is 32.3 Å². The van der Waals surface area contributed by atoms with Gasteiger partial charge in [0.05, 0.1) is 17.9 Å². The molecule has 1 heterocycles. The van der Waals surface area contributed by atoms with E-state index in [1.807, 2.05) is 0 Å². The predicted molar refractivity (Wildman–Crippen MR) is 89.0 cm³/mol. The largest absolute Gasteiger partial charge is 0.492 e. The summed E-state index contributed by atoms with van der Waals surface area (Å²) < 4.78 is 5.77. The van der Waals surface area contributed by atoms with Crippen LogP contribution in [0.25, 0.3) is 11.3 Å². The fourth-order valence-electron chi connectivity index (χ4n) is 2.26. The quantitative estimate of drug-likeness (QED) is 0.853. The number of nitrogens with two attached hydrogens (primary N) is 1. The average molecular weight is 312 g/mol. The molecule has 2 rings (SSSR count). The molecule has 0 amide bonds. The zero-order chi connectivity index (χ0) is 16.8. The lowest BCUT2D eigenvalue weighted by atomic mass is 10.0. The van der Waals surface area contributed by atoms with Gasteiger partial charge in [-0.3, -0.25) is 9.78 Å². The number of aromatic nitrogens is 2. The summed E-state index contributed by atoms with van der Waals surface area (Å²) in [7, 11) is 0. The highest BCUT2D eigenvalue weighted by molar-refractivity contribution is 5.64. The Bertz CT molecular complexity index is 773. The molecular formula is C17H20N4O2. The summed E-state index contributed by atoms with van der Waals surface area (Å²) in [5, 5.41) is 9.34. The van der Waals surface area contributed by atoms with E-state index in [9.17, 15) is 10.1 Å². The van der Waals surface area contributed by atoms with Crippen molar-refractivity contribution in [3.63, 3.8) is 0 Å². The van der Waals surface area contributed by atoms with Crippen LogP contribution in [0.3, 0.4) is 0 Å². The second-order valence-corrected chi connectivity index (χ2v) is 5.33. The number of hydrogen-bond acceptors (Lipinski definition) is 5. The summed E-state index contributed by atoms with van der Waals surface area (Å²) in [6, 6.07) is 8.63. The summed E-state index contributed by atoms with van der Waals surface area (Å²) in [4.78, 5) is 18.0. The Balaban J connectivity index is 2.29. The molecule has 0 atom stereocenters. The standard InChI is InChI=1S/C17H20N4O2/c1-3-11(4-2)10-23-15-6-5-12(7-13(15)9-18)14-8-16(22)21-17(19)20-14/h5-8,11H,3-4,10H2,1-2H3,(H3,19,20,21,22). The van der Waals surface area contributed by atoms with E-state index in [1.165, 1.54) is 6.07 Å². The lowest BCUT2D eigenvalue weighted by Crippen LogP contribution is -2.11. The van der Waals surface area contributed by atoms with Crippen molar-refractivity contribution in [2.75, 3.05) is 12.3 Å². The number of H-pyrrole nitrogens is 1. The molecule has 0 radical (unpaired) electrons. The van der Waals surface area contributed by atoms with Gasteiger partial charge in [0.2, 0.25) is 5.95 Å². The molecule has 23 heavy (non-hydrogen) atoms. The Morgan fingerprint density at radius 3 is 2.70 bits per heavy atom. The van der Waals surface area contributed by atoms with E-state index in [1.54, 1.807) is 18.2 Å². The summed E-state index contributed by atoms with van der Waals surface area (Å²) in [5.74, 6) is 1.05. The molecule has 3 N–H and O–H groups in total. The van der Waals surface area contributed by atoms with Gasteiger partial charge in [-0.1, -0.05) is 26.7 Å². The molecule has 0 unspecified atom stereocenters. The van der Waals surface area contributed by atoms with E-state index in [0.29, 0.717) is 35.1 Å². The molecule has 120 valence electrons. The van der Waals surface area contributed by atoms with Crippen molar-refractivity contribution in [2.45, 2.75) is 26.7 Å². The highest BCUT2D eigenvalue weighted by Crippen LogP contribution is 2.25. The Morgan fingerprint density at radius 2 is 2.09 bits per heavy atom. The molecule has 6 heteroatoms. The maximum Gasteiger partial charge on any atom is 0.252 e. The molecule has 0 saturated heterocycles. The molecule has 0 aliphatic carbocycles. The monoisotopic (exact) mass is 312 g/mol. The van der Waals surface area contributed by atoms with Gasteiger partial charge in [-0.2, -0.15) is 5.26 Å². The van der Waals surface area contributed by atoms with Crippen LogP contribution in [-0.4, -0.2) is 16.6 Å². The Labute approximate surface area is 134 Å². The smallest absolute Gasteiger partial charge is 0.252 e. The van der Waals surface area contributed by atoms with Crippen molar-refractivity contribution in [1.82, 2.24) is 9.97 Å². The second-order valence-electron chi connectivity index (χ2n) is 5.33. The molecule has 0 spiro atoms. The van der Waals surface area contributed by atoms with Crippen LogP contribution in [0, 0.1) is 17.2 Å². The zero-order valence-electron chi connectivity index (χ0n) is 13.3. The highest BCUT2D eigenvalue weighted by atomic mass is 16.5. The number of nitriles is 1. The van der Waals surface area contributed by atoms with E-state index in [2.05, 4.69) is 29.9 Å². The van der Waals surface area contributed by atoms with Crippen LogP contribution in [0.2, 0.25) is 0 Å². The van der Waals surface area contributed by atoms with Crippen LogP contribution in [0.4, 0.5) is 5.95 Å². The highest BCUT2D eigenvalue weighted by Gasteiger charge is 2.10. The number of anilines is 1. The van der Waals surface area contributed by atoms with Crippen LogP contribution in [0.15, 0.2) is 29.1 Å². The molecule has 2 aromatic rings. The van der Waals surface area contributed by atoms with Gasteiger partial charge < -0.3 is 10.5 Å². The first-order valence-corrected chi connectivity index (χ1v) is 7.61. The van der Waals surface area contributed by atoms with E-state index < -0.39 is 0 Å². The molecule has 0 aliphatic rings. The van der Waals surface area contributed by atoms with E-state index in [-0.39, 0.29) is 11.5 Å². The van der Waals surface area contributed by atoms with Gasteiger partial charge in [0.15, 0.2) is 0 Å². The number of aromatic amines is 1. The predicted octanol–water partition coefficient (Wildman–Crippen LogP) is 2.71. The number of nitrogens with one attached hydrogen (secondary N) is 1. The summed E-state index contributed by atoms with van der Waals surface area (Å²) >= 11 is 0. The minimum absolute atomic E-state index is 0.0417. The van der Waals surface area contributed by atoms with Crippen LogP contribution < -0.4 is 16.0 Å². The lowest BCUT2D eigenvalue weighted by Gasteiger charge is -2.15. The third kappa shape index (κ3) is 4.10. The fourth-order valence-corrected chi connectivity index (χ4v) is 2.26. The van der Waals surface area contributed by atoms with Crippen molar-refractivity contribution < 1.29 is 4.74 Å². The van der Waals surface area contributed by atoms with Crippen LogP contribution >= 0.6 is 0 Å². The van der Waals surface area contributed by atoms with Crippen molar-refractivity contribution in [3.05, 3.63) is 40.2 Å². The lowest BCUT2D eigenvalue weighted by molar-refractivity contribution is 0.240. The van der Waals surface area contributed by atoms with Crippen LogP contribution in [0.5, 0.6) is 5.75 Å². The topological polar surface area (TPSA) is 105 Å². The summed E-state index contributed by atoms with van der Waals surface area (Å²) in [6.07, 6.45) is 2.07. The number of nitrogen functional groups attached to an aromatic ring is 1. The van der Waals surface area contributed by atoms with Gasteiger partial charge in [0, 0.05) is 11.6 Å². The summed E-state index contributed by atoms with van der Waals surface area (Å²) in [6.45, 7) is 4.82. The van der Waals surface area contributed by atoms with Gasteiger partial charge in [-0.25, -0.2) is 4.98 Å². The third-order valence-corrected chi connectivity index (χ3v) is 3.79. The summed E-state index contributed by atoms with van der Waals surface area (Å²) in [5.41, 5.74) is 6.70. The first-order valence-electron chi connectivity index (χ1n) is 7.61. The molecule has 1 aromatic heterocycles. The minimum atomic E-state index is -0.333. The van der Waals surface area contributed by atoms with E-state index in [0.717, 1.165) is 12.8 Å². The van der Waals surface area contributed by atoms with Crippen LogP contribution in [-0.2, 0) is 0 Å². The minimum Gasteiger partial charge on any atom is -0.492 e. The maximum absolute atomic E-state index is 11.5. The Kier molecular flexibility index (Phi) is 5.36. The molecule has 0 bridgehead atoms. The number of rotatable bonds is 6. The van der Waals surface area contributed by atoms with Crippen molar-refractivity contribution >= 4 is 5.95 Å². The first-order chi connectivity index (χ1) is 11.1. The van der Waals surface area contributed by atoms with Gasteiger partial charge in [0.25, 0.3) is 5.56 Å². The molecule has 0 saturated carbocycles. The SMILES string of the molecule is CCC(CC)COc1ccc(-c2cc(=O)[nH]c(N)n2)cc1C#N. The normalized spacial score (nSPS) is 10.5. The van der Waals surface area contributed by atoms with Crippen molar-refractivity contribution in [3.8, 4) is 23.1 Å². The van der Waals surface area contributed by atoms with Gasteiger partial charge in [-0.05, 0) is 24.1 Å². The fraction of sp³-hybridized carbons (Fsp3) is 0.353. The number of hydrogen-bond donors (Lipinski definition) is 2.